The summed E-state index contributed by atoms with van der Waals surface area (Å²) in [6.07, 6.45) is 0. The molecule has 0 N–H and O–H groups in total. The fourth-order valence-corrected chi connectivity index (χ4v) is 50.2. The maximum absolute atomic E-state index is 2.59. The van der Waals surface area contributed by atoms with Crippen molar-refractivity contribution in [3.05, 3.63) is 0 Å². The molecule has 0 saturated carbocycles. The van der Waals surface area contributed by atoms with Gasteiger partial charge in [0.15, 0.2) is 0 Å². The Bertz CT molecular complexity index is 52.7. The predicted molar refractivity (Wildman–Crippen MR) is 46.6 cm³/mol. The van der Waals surface area contributed by atoms with Crippen LogP contribution in [0.3, 0.4) is 0 Å². The standard InChI is InChI=1S/C5H15As3/c1-6(2)8(5)7(3)4/h1-5H3. The van der Waals surface area contributed by atoms with E-state index in [1.165, 1.54) is 0 Å². The van der Waals surface area contributed by atoms with Crippen molar-refractivity contribution in [1.82, 2.24) is 0 Å². The van der Waals surface area contributed by atoms with E-state index in [1.54, 1.807) is 0 Å². The number of hydrogen-bond acceptors (Lipinski definition) is 0. The minimum atomic E-state index is -0.170. The first-order valence-corrected chi connectivity index (χ1v) is 22.4. The molecule has 0 bridgehead atoms. The van der Waals surface area contributed by atoms with Gasteiger partial charge in [-0.15, -0.1) is 0 Å². The van der Waals surface area contributed by atoms with Crippen LogP contribution >= 0.6 is 0 Å². The molecule has 0 fully saturated rings. The molecular weight excluding hydrogens is 285 g/mol. The molecule has 50 valence electrons. The first kappa shape index (κ1) is 9.68. The Morgan fingerprint density at radius 2 is 0.875 bits per heavy atom. The zero-order valence-corrected chi connectivity index (χ0v) is 12.0. The van der Waals surface area contributed by atoms with Gasteiger partial charge < -0.3 is 0 Å². The third-order valence-electron chi connectivity index (χ3n) is 1.16. The van der Waals surface area contributed by atoms with Crippen molar-refractivity contribution in [3.63, 3.8) is 0 Å². The van der Waals surface area contributed by atoms with Gasteiger partial charge in [0.25, 0.3) is 0 Å². The third-order valence-corrected chi connectivity index (χ3v) is 71.8. The molecule has 0 amide bonds. The molecule has 0 spiro atoms. The van der Waals surface area contributed by atoms with Crippen molar-refractivity contribution in [3.8, 4) is 0 Å². The zero-order valence-electron chi connectivity index (χ0n) is 6.34. The summed E-state index contributed by atoms with van der Waals surface area (Å²) in [6, 6.07) is 0. The van der Waals surface area contributed by atoms with Crippen molar-refractivity contribution in [1.29, 1.82) is 0 Å². The van der Waals surface area contributed by atoms with Crippen molar-refractivity contribution in [2.75, 3.05) is 0 Å². The molecular formula is C5H15As3. The van der Waals surface area contributed by atoms with Crippen molar-refractivity contribution >= 4 is 35.7 Å². The van der Waals surface area contributed by atoms with Gasteiger partial charge in [0.05, 0.1) is 0 Å². The molecule has 0 aromatic carbocycles. The fraction of sp³-hybridized carbons (Fsp3) is 1.00. The van der Waals surface area contributed by atoms with Gasteiger partial charge >= 0.3 is 64.2 Å². The molecule has 0 aliphatic heterocycles. The van der Waals surface area contributed by atoms with Gasteiger partial charge in [0.2, 0.25) is 0 Å². The van der Waals surface area contributed by atoms with Crippen LogP contribution in [0.25, 0.3) is 0 Å². The summed E-state index contributed by atoms with van der Waals surface area (Å²) >= 11 is -0.340. The molecule has 0 aromatic heterocycles. The second kappa shape index (κ2) is 4.48. The molecule has 0 aliphatic rings. The van der Waals surface area contributed by atoms with Gasteiger partial charge in [0, 0.05) is 0 Å². The molecule has 0 heterocycles. The van der Waals surface area contributed by atoms with Crippen molar-refractivity contribution in [2.45, 2.75) is 28.6 Å². The Balaban J connectivity index is 3.46. The van der Waals surface area contributed by atoms with Gasteiger partial charge in [-0.2, -0.15) is 0 Å². The maximum atomic E-state index is 2.59. The van der Waals surface area contributed by atoms with Crippen LogP contribution in [0.4, 0.5) is 0 Å². The van der Waals surface area contributed by atoms with Crippen LogP contribution in [-0.4, -0.2) is 35.7 Å². The molecule has 0 saturated heterocycles. The van der Waals surface area contributed by atoms with Gasteiger partial charge in [0.1, 0.15) is 0 Å². The van der Waals surface area contributed by atoms with Crippen molar-refractivity contribution in [2.24, 2.45) is 0 Å². The Morgan fingerprint density at radius 3 is 0.875 bits per heavy atom. The average molecular weight is 300 g/mol. The first-order valence-electron chi connectivity index (χ1n) is 2.64. The molecule has 0 aliphatic carbocycles. The molecule has 0 atom stereocenters. The molecule has 0 nitrogen and oxygen atoms in total. The van der Waals surface area contributed by atoms with Crippen LogP contribution in [0.2, 0.25) is 28.6 Å². The third kappa shape index (κ3) is 3.65. The van der Waals surface area contributed by atoms with Gasteiger partial charge in [-0.3, -0.25) is 0 Å². The van der Waals surface area contributed by atoms with E-state index in [1.807, 2.05) is 0 Å². The summed E-state index contributed by atoms with van der Waals surface area (Å²) in [4.78, 5) is 0. The molecule has 0 unspecified atom stereocenters. The summed E-state index contributed by atoms with van der Waals surface area (Å²) in [5.41, 5.74) is 12.7. The minimum absolute atomic E-state index is 0.118. The molecule has 0 rings (SSSR count). The Labute approximate surface area is 63.8 Å². The van der Waals surface area contributed by atoms with Crippen molar-refractivity contribution < 1.29 is 0 Å². The monoisotopic (exact) mass is 300 g/mol. The van der Waals surface area contributed by atoms with E-state index in [2.05, 4.69) is 28.6 Å². The topological polar surface area (TPSA) is 0 Å². The molecule has 8 heavy (non-hydrogen) atoms. The van der Waals surface area contributed by atoms with Crippen LogP contribution in [0.5, 0.6) is 0 Å². The van der Waals surface area contributed by atoms with Gasteiger partial charge in [-0.25, -0.2) is 0 Å². The Hall–Kier alpha value is 1.68. The van der Waals surface area contributed by atoms with Crippen LogP contribution < -0.4 is 0 Å². The normalized spacial score (nSPS) is 12.0. The second-order valence-corrected chi connectivity index (χ2v) is 49.6. The summed E-state index contributed by atoms with van der Waals surface area (Å²) in [5.74, 6) is 0. The van der Waals surface area contributed by atoms with E-state index in [4.69, 9.17) is 0 Å². The predicted octanol–water partition coefficient (Wildman–Crippen LogP) is 1.78. The van der Waals surface area contributed by atoms with Crippen LogP contribution in [0.1, 0.15) is 0 Å². The van der Waals surface area contributed by atoms with E-state index in [9.17, 15) is 0 Å². The summed E-state index contributed by atoms with van der Waals surface area (Å²) in [7, 11) is -0.118. The molecule has 0 radical (unpaired) electrons. The summed E-state index contributed by atoms with van der Waals surface area (Å²) in [6.45, 7) is 0. The summed E-state index contributed by atoms with van der Waals surface area (Å²) < 4.78 is 0. The van der Waals surface area contributed by atoms with E-state index < -0.39 is 0 Å². The van der Waals surface area contributed by atoms with Crippen LogP contribution in [0, 0.1) is 0 Å². The number of rotatable bonds is 2. The van der Waals surface area contributed by atoms with E-state index in [0.29, 0.717) is 0 Å². The SMILES string of the molecule is C[As](C)[As](C)[As](C)C. The molecule has 3 heteroatoms. The quantitative estimate of drug-likeness (QED) is 0.682. The summed E-state index contributed by atoms with van der Waals surface area (Å²) in [5, 5.41) is 0. The zero-order chi connectivity index (χ0) is 6.73. The Morgan fingerprint density at radius 1 is 0.625 bits per heavy atom. The number of hydrogen-bond donors (Lipinski definition) is 0. The van der Waals surface area contributed by atoms with Crippen LogP contribution in [0.15, 0.2) is 0 Å². The fourth-order valence-electron chi connectivity index (χ4n) is 0.358. The van der Waals surface area contributed by atoms with Gasteiger partial charge in [-0.05, 0) is 0 Å². The van der Waals surface area contributed by atoms with E-state index in [0.717, 1.165) is 0 Å². The average Bonchev–Trinajstić information content (AvgIpc) is 1.64. The van der Waals surface area contributed by atoms with Crippen LogP contribution in [-0.2, 0) is 0 Å². The van der Waals surface area contributed by atoms with Gasteiger partial charge in [-0.1, -0.05) is 0 Å². The first-order chi connectivity index (χ1) is 3.55. The second-order valence-electron chi connectivity index (χ2n) is 2.18. The van der Waals surface area contributed by atoms with E-state index >= 15 is 0 Å². The van der Waals surface area contributed by atoms with E-state index in [-0.39, 0.29) is 35.7 Å². The Kier molecular flexibility index (Phi) is 5.42. The molecule has 0 aromatic rings.